The predicted octanol–water partition coefficient (Wildman–Crippen LogP) is 4.68. The Hall–Kier alpha value is -0.713. The van der Waals surface area contributed by atoms with Gasteiger partial charge in [0.15, 0.2) is 0 Å². The van der Waals surface area contributed by atoms with Gasteiger partial charge in [0.1, 0.15) is 0 Å². The maximum Gasteiger partial charge on any atom is 0.332 e. The molecule has 0 aliphatic heterocycles. The largest absolute Gasteiger partial charge is 0.395 e. The first-order valence-electron chi connectivity index (χ1n) is 7.81. The van der Waals surface area contributed by atoms with Crippen LogP contribution in [0.2, 0.25) is 13.1 Å². The van der Waals surface area contributed by atoms with Crippen molar-refractivity contribution in [1.29, 1.82) is 0 Å². The third-order valence-electron chi connectivity index (χ3n) is 3.26. The lowest BCUT2D eigenvalue weighted by molar-refractivity contribution is 0.168. The molecule has 1 heterocycles. The normalized spacial score (nSPS) is 11.8. The third kappa shape index (κ3) is 8.46. The minimum atomic E-state index is -1.99. The standard InChI is InChI=1S/C16H29NO2Si/c1-4-5-6-7-8-9-13-18-20(2,3)19-15-16-11-10-12-17-14-16/h10-12,14H,4-9,13,15H2,1-3H3. The highest BCUT2D eigenvalue weighted by molar-refractivity contribution is 6.64. The average Bonchev–Trinajstić information content (AvgIpc) is 2.45. The Morgan fingerprint density at radius 1 is 1.05 bits per heavy atom. The van der Waals surface area contributed by atoms with E-state index in [0.29, 0.717) is 6.61 Å². The molecule has 1 aromatic heterocycles. The molecule has 0 aliphatic carbocycles. The maximum atomic E-state index is 5.95. The fourth-order valence-corrected chi connectivity index (χ4v) is 3.22. The van der Waals surface area contributed by atoms with Crippen LogP contribution in [-0.4, -0.2) is 20.2 Å². The predicted molar refractivity (Wildman–Crippen MR) is 85.8 cm³/mol. The Morgan fingerprint density at radius 3 is 2.50 bits per heavy atom. The van der Waals surface area contributed by atoms with E-state index in [0.717, 1.165) is 18.6 Å². The van der Waals surface area contributed by atoms with Crippen LogP contribution in [0.5, 0.6) is 0 Å². The Bertz CT molecular complexity index is 344. The maximum absolute atomic E-state index is 5.95. The molecule has 0 aliphatic rings. The van der Waals surface area contributed by atoms with Crippen LogP contribution in [0.4, 0.5) is 0 Å². The smallest absolute Gasteiger partial charge is 0.332 e. The summed E-state index contributed by atoms with van der Waals surface area (Å²) in [7, 11) is -1.99. The molecule has 0 bridgehead atoms. The van der Waals surface area contributed by atoms with Gasteiger partial charge >= 0.3 is 8.56 Å². The molecule has 0 radical (unpaired) electrons. The summed E-state index contributed by atoms with van der Waals surface area (Å²) < 4.78 is 11.9. The average molecular weight is 295 g/mol. The molecule has 1 rings (SSSR count). The molecule has 0 N–H and O–H groups in total. The van der Waals surface area contributed by atoms with Crippen LogP contribution >= 0.6 is 0 Å². The number of pyridine rings is 1. The van der Waals surface area contributed by atoms with Gasteiger partial charge in [-0.25, -0.2) is 0 Å². The molecule has 20 heavy (non-hydrogen) atoms. The number of rotatable bonds is 11. The molecule has 0 amide bonds. The van der Waals surface area contributed by atoms with Gasteiger partial charge in [-0.1, -0.05) is 45.1 Å². The van der Waals surface area contributed by atoms with E-state index >= 15 is 0 Å². The Kier molecular flexibility index (Phi) is 8.74. The lowest BCUT2D eigenvalue weighted by atomic mass is 10.1. The van der Waals surface area contributed by atoms with Crippen LogP contribution in [0, 0.1) is 0 Å². The van der Waals surface area contributed by atoms with Gasteiger partial charge in [0.2, 0.25) is 0 Å². The zero-order valence-corrected chi connectivity index (χ0v) is 14.2. The minimum Gasteiger partial charge on any atom is -0.395 e. The Balaban J connectivity index is 2.09. The summed E-state index contributed by atoms with van der Waals surface area (Å²) >= 11 is 0. The Morgan fingerprint density at radius 2 is 1.80 bits per heavy atom. The molecular formula is C16H29NO2Si. The molecule has 0 fully saturated rings. The van der Waals surface area contributed by atoms with Crippen LogP contribution in [0.3, 0.4) is 0 Å². The van der Waals surface area contributed by atoms with E-state index in [-0.39, 0.29) is 0 Å². The van der Waals surface area contributed by atoms with Gasteiger partial charge in [0, 0.05) is 19.0 Å². The van der Waals surface area contributed by atoms with Gasteiger partial charge in [-0.3, -0.25) is 4.98 Å². The molecule has 0 aromatic carbocycles. The first kappa shape index (κ1) is 17.3. The van der Waals surface area contributed by atoms with Gasteiger partial charge in [0.25, 0.3) is 0 Å². The molecule has 4 heteroatoms. The van der Waals surface area contributed by atoms with Crippen molar-refractivity contribution >= 4 is 8.56 Å². The summed E-state index contributed by atoms with van der Waals surface area (Å²) in [6, 6.07) is 3.97. The number of aromatic nitrogens is 1. The van der Waals surface area contributed by atoms with Crippen molar-refractivity contribution < 1.29 is 8.85 Å². The van der Waals surface area contributed by atoms with Crippen LogP contribution in [0.15, 0.2) is 24.5 Å². The van der Waals surface area contributed by atoms with Crippen molar-refractivity contribution in [1.82, 2.24) is 4.98 Å². The fourth-order valence-electron chi connectivity index (χ4n) is 1.98. The van der Waals surface area contributed by atoms with Crippen molar-refractivity contribution in [2.45, 2.75) is 65.1 Å². The molecule has 3 nitrogen and oxygen atoms in total. The zero-order valence-electron chi connectivity index (χ0n) is 13.2. The topological polar surface area (TPSA) is 31.4 Å². The lowest BCUT2D eigenvalue weighted by Crippen LogP contribution is -2.35. The van der Waals surface area contributed by atoms with E-state index in [9.17, 15) is 0 Å². The van der Waals surface area contributed by atoms with E-state index in [4.69, 9.17) is 8.85 Å². The molecule has 0 spiro atoms. The van der Waals surface area contributed by atoms with E-state index in [1.807, 2.05) is 18.3 Å². The van der Waals surface area contributed by atoms with E-state index in [1.54, 1.807) is 6.20 Å². The highest BCUT2D eigenvalue weighted by Gasteiger charge is 2.24. The summed E-state index contributed by atoms with van der Waals surface area (Å²) in [6.45, 7) is 7.90. The van der Waals surface area contributed by atoms with Crippen molar-refractivity contribution in [2.75, 3.05) is 6.61 Å². The zero-order chi connectivity index (χ0) is 14.7. The second kappa shape index (κ2) is 10.1. The highest BCUT2D eigenvalue weighted by atomic mass is 28.4. The second-order valence-electron chi connectivity index (χ2n) is 5.67. The number of unbranched alkanes of at least 4 members (excludes halogenated alkanes) is 5. The van der Waals surface area contributed by atoms with E-state index in [2.05, 4.69) is 25.0 Å². The van der Waals surface area contributed by atoms with Crippen molar-refractivity contribution in [3.05, 3.63) is 30.1 Å². The van der Waals surface area contributed by atoms with Crippen LogP contribution in [0.25, 0.3) is 0 Å². The molecule has 114 valence electrons. The SMILES string of the molecule is CCCCCCCCO[Si](C)(C)OCc1cccnc1. The van der Waals surface area contributed by atoms with E-state index < -0.39 is 8.56 Å². The van der Waals surface area contributed by atoms with Crippen LogP contribution < -0.4 is 0 Å². The monoisotopic (exact) mass is 295 g/mol. The van der Waals surface area contributed by atoms with Gasteiger partial charge in [-0.2, -0.15) is 0 Å². The highest BCUT2D eigenvalue weighted by Crippen LogP contribution is 2.12. The van der Waals surface area contributed by atoms with Crippen LogP contribution in [0.1, 0.15) is 51.0 Å². The first-order chi connectivity index (χ1) is 9.64. The molecular weight excluding hydrogens is 266 g/mol. The number of hydrogen-bond donors (Lipinski definition) is 0. The molecule has 1 aromatic rings. The molecule has 0 unspecified atom stereocenters. The summed E-state index contributed by atoms with van der Waals surface area (Å²) in [5.41, 5.74) is 1.11. The van der Waals surface area contributed by atoms with Gasteiger partial charge in [0.05, 0.1) is 6.61 Å². The van der Waals surface area contributed by atoms with Crippen molar-refractivity contribution in [3.63, 3.8) is 0 Å². The van der Waals surface area contributed by atoms with Gasteiger partial charge in [-0.15, -0.1) is 0 Å². The fraction of sp³-hybridized carbons (Fsp3) is 0.688. The molecule has 0 saturated heterocycles. The van der Waals surface area contributed by atoms with Gasteiger partial charge < -0.3 is 8.85 Å². The molecule has 0 atom stereocenters. The molecule has 0 saturated carbocycles. The summed E-state index contributed by atoms with van der Waals surface area (Å²) in [6.07, 6.45) is 11.4. The quantitative estimate of drug-likeness (QED) is 0.439. The van der Waals surface area contributed by atoms with Crippen molar-refractivity contribution in [3.8, 4) is 0 Å². The second-order valence-corrected chi connectivity index (χ2v) is 9.04. The van der Waals surface area contributed by atoms with Gasteiger partial charge in [-0.05, 0) is 31.1 Å². The summed E-state index contributed by atoms with van der Waals surface area (Å²) in [4.78, 5) is 4.09. The number of nitrogens with zero attached hydrogens (tertiary/aromatic N) is 1. The third-order valence-corrected chi connectivity index (χ3v) is 5.00. The van der Waals surface area contributed by atoms with Crippen molar-refractivity contribution in [2.24, 2.45) is 0 Å². The summed E-state index contributed by atoms with van der Waals surface area (Å²) in [5.74, 6) is 0. The Labute approximate surface area is 125 Å². The van der Waals surface area contributed by atoms with Crippen LogP contribution in [-0.2, 0) is 15.5 Å². The van der Waals surface area contributed by atoms with E-state index in [1.165, 1.54) is 32.1 Å². The number of hydrogen-bond acceptors (Lipinski definition) is 3. The minimum absolute atomic E-state index is 0.601. The first-order valence-corrected chi connectivity index (χ1v) is 10.6. The summed E-state index contributed by atoms with van der Waals surface area (Å²) in [5, 5.41) is 0. The lowest BCUT2D eigenvalue weighted by Gasteiger charge is -2.22.